The lowest BCUT2D eigenvalue weighted by Crippen LogP contribution is -2.26. The van der Waals surface area contributed by atoms with Gasteiger partial charge in [-0.2, -0.15) is 0 Å². The molecule has 2 aliphatic rings. The van der Waals surface area contributed by atoms with Gasteiger partial charge < -0.3 is 10.4 Å². The summed E-state index contributed by atoms with van der Waals surface area (Å²) in [6, 6.07) is 7.91. The number of aliphatic carboxylic acids is 1. The highest BCUT2D eigenvalue weighted by molar-refractivity contribution is 5.70. The van der Waals surface area contributed by atoms with Gasteiger partial charge in [-0.1, -0.05) is 24.3 Å². The summed E-state index contributed by atoms with van der Waals surface area (Å²) in [7, 11) is 0. The molecular weight excluding hydrogens is 240 g/mol. The van der Waals surface area contributed by atoms with Crippen molar-refractivity contribution >= 4 is 5.97 Å². The fourth-order valence-corrected chi connectivity index (χ4v) is 3.37. The van der Waals surface area contributed by atoms with Gasteiger partial charge in [0.2, 0.25) is 0 Å². The van der Waals surface area contributed by atoms with E-state index in [-0.39, 0.29) is 6.42 Å². The van der Waals surface area contributed by atoms with Crippen LogP contribution in [0.15, 0.2) is 24.3 Å². The van der Waals surface area contributed by atoms with Gasteiger partial charge in [0.1, 0.15) is 0 Å². The summed E-state index contributed by atoms with van der Waals surface area (Å²) < 4.78 is 0. The molecule has 2 aliphatic heterocycles. The first-order valence-electron chi connectivity index (χ1n) is 6.94. The number of carboxylic acid groups (broad SMARTS) is 1. The molecule has 2 saturated heterocycles. The van der Waals surface area contributed by atoms with E-state index in [2.05, 4.69) is 16.3 Å². The Morgan fingerprint density at radius 1 is 1.21 bits per heavy atom. The summed E-state index contributed by atoms with van der Waals surface area (Å²) in [4.78, 5) is 13.4. The Morgan fingerprint density at radius 2 is 1.84 bits per heavy atom. The van der Waals surface area contributed by atoms with Crippen molar-refractivity contribution < 1.29 is 9.90 Å². The van der Waals surface area contributed by atoms with Gasteiger partial charge in [0.15, 0.2) is 0 Å². The van der Waals surface area contributed by atoms with Crippen LogP contribution in [0.4, 0.5) is 0 Å². The lowest BCUT2D eigenvalue weighted by atomic mass is 10.0. The van der Waals surface area contributed by atoms with E-state index in [0.29, 0.717) is 0 Å². The number of likely N-dealkylation sites (tertiary alicyclic amines) is 1. The largest absolute Gasteiger partial charge is 0.481 e. The third-order valence-electron chi connectivity index (χ3n) is 4.32. The van der Waals surface area contributed by atoms with Crippen LogP contribution in [0.25, 0.3) is 0 Å². The van der Waals surface area contributed by atoms with E-state index in [1.165, 1.54) is 0 Å². The number of hydrogen-bond donors (Lipinski definition) is 2. The van der Waals surface area contributed by atoms with Crippen LogP contribution in [0.1, 0.15) is 11.1 Å². The highest BCUT2D eigenvalue weighted by Crippen LogP contribution is 2.27. The van der Waals surface area contributed by atoms with Crippen LogP contribution in [0, 0.1) is 11.8 Å². The molecule has 0 unspecified atom stereocenters. The van der Waals surface area contributed by atoms with Crippen LogP contribution >= 0.6 is 0 Å². The molecule has 2 N–H and O–H groups in total. The van der Waals surface area contributed by atoms with Crippen LogP contribution in [-0.4, -0.2) is 42.2 Å². The number of rotatable bonds is 4. The molecule has 0 saturated carbocycles. The molecule has 102 valence electrons. The normalized spacial score (nSPS) is 26.5. The van der Waals surface area contributed by atoms with Gasteiger partial charge in [-0.25, -0.2) is 0 Å². The Morgan fingerprint density at radius 3 is 2.47 bits per heavy atom. The first-order valence-corrected chi connectivity index (χ1v) is 6.94. The number of carboxylic acids is 1. The van der Waals surface area contributed by atoms with Crippen LogP contribution in [0.3, 0.4) is 0 Å². The van der Waals surface area contributed by atoms with Crippen molar-refractivity contribution in [3.8, 4) is 0 Å². The zero-order valence-electron chi connectivity index (χ0n) is 11.0. The second-order valence-corrected chi connectivity index (χ2v) is 5.71. The maximum atomic E-state index is 10.9. The Bertz CT molecular complexity index is 463. The van der Waals surface area contributed by atoms with Crippen LogP contribution in [-0.2, 0) is 17.8 Å². The highest BCUT2D eigenvalue weighted by Gasteiger charge is 2.35. The van der Waals surface area contributed by atoms with Crippen molar-refractivity contribution in [2.45, 2.75) is 13.0 Å². The smallest absolute Gasteiger partial charge is 0.307 e. The van der Waals surface area contributed by atoms with Gasteiger partial charge in [0.25, 0.3) is 0 Å². The van der Waals surface area contributed by atoms with Crippen LogP contribution in [0.5, 0.6) is 0 Å². The lowest BCUT2D eigenvalue weighted by molar-refractivity contribution is -0.136. The maximum Gasteiger partial charge on any atom is 0.307 e. The molecule has 2 heterocycles. The monoisotopic (exact) mass is 260 g/mol. The summed E-state index contributed by atoms with van der Waals surface area (Å²) in [5.41, 5.74) is 2.11. The molecule has 3 rings (SSSR count). The SMILES string of the molecule is O=C(O)Cc1ccccc1CN1C[C@H]2CNC[C@H]2C1. The minimum atomic E-state index is -0.755. The van der Waals surface area contributed by atoms with E-state index in [0.717, 1.165) is 55.7 Å². The lowest BCUT2D eigenvalue weighted by Gasteiger charge is -2.18. The average molecular weight is 260 g/mol. The molecule has 1 aromatic rings. The standard InChI is InChI=1S/C15H20N2O2/c18-15(19)5-11-3-1-2-4-12(11)8-17-9-13-6-16-7-14(13)10-17/h1-4,13-14,16H,5-10H2,(H,18,19)/t13-,14+. The third-order valence-corrected chi connectivity index (χ3v) is 4.32. The van der Waals surface area contributed by atoms with Gasteiger partial charge in [-0.15, -0.1) is 0 Å². The highest BCUT2D eigenvalue weighted by atomic mass is 16.4. The summed E-state index contributed by atoms with van der Waals surface area (Å²) >= 11 is 0. The molecule has 19 heavy (non-hydrogen) atoms. The predicted molar refractivity (Wildman–Crippen MR) is 72.9 cm³/mol. The number of benzene rings is 1. The van der Waals surface area contributed by atoms with E-state index < -0.39 is 5.97 Å². The van der Waals surface area contributed by atoms with Gasteiger partial charge in [0, 0.05) is 19.6 Å². The second-order valence-electron chi connectivity index (χ2n) is 5.71. The van der Waals surface area contributed by atoms with E-state index in [9.17, 15) is 4.79 Å². The quantitative estimate of drug-likeness (QED) is 0.847. The minimum Gasteiger partial charge on any atom is -0.481 e. The molecule has 4 nitrogen and oxygen atoms in total. The minimum absolute atomic E-state index is 0.123. The predicted octanol–water partition coefficient (Wildman–Crippen LogP) is 0.965. The maximum absolute atomic E-state index is 10.9. The van der Waals surface area contributed by atoms with E-state index in [4.69, 9.17) is 5.11 Å². The summed E-state index contributed by atoms with van der Waals surface area (Å²) in [6.45, 7) is 5.43. The van der Waals surface area contributed by atoms with Gasteiger partial charge in [-0.05, 0) is 36.1 Å². The zero-order valence-corrected chi connectivity index (χ0v) is 11.0. The molecule has 1 aromatic carbocycles. The van der Waals surface area contributed by atoms with E-state index in [1.807, 2.05) is 18.2 Å². The number of nitrogens with one attached hydrogen (secondary N) is 1. The second kappa shape index (κ2) is 5.31. The van der Waals surface area contributed by atoms with Crippen LogP contribution in [0.2, 0.25) is 0 Å². The molecule has 0 radical (unpaired) electrons. The molecule has 2 atom stereocenters. The van der Waals surface area contributed by atoms with E-state index >= 15 is 0 Å². The van der Waals surface area contributed by atoms with Gasteiger partial charge in [-0.3, -0.25) is 9.69 Å². The van der Waals surface area contributed by atoms with Crippen molar-refractivity contribution in [1.29, 1.82) is 0 Å². The third kappa shape index (κ3) is 2.80. The zero-order chi connectivity index (χ0) is 13.2. The first-order chi connectivity index (χ1) is 9.22. The number of fused-ring (bicyclic) bond motifs is 1. The Labute approximate surface area is 113 Å². The molecule has 2 fully saturated rings. The molecule has 0 spiro atoms. The van der Waals surface area contributed by atoms with E-state index in [1.54, 1.807) is 0 Å². The van der Waals surface area contributed by atoms with Gasteiger partial charge in [0.05, 0.1) is 6.42 Å². The topological polar surface area (TPSA) is 52.6 Å². The number of nitrogens with zero attached hydrogens (tertiary/aromatic N) is 1. The Hall–Kier alpha value is -1.39. The van der Waals surface area contributed by atoms with Crippen molar-refractivity contribution in [2.24, 2.45) is 11.8 Å². The molecule has 0 aliphatic carbocycles. The Kier molecular flexibility index (Phi) is 3.53. The molecule has 0 amide bonds. The summed E-state index contributed by atoms with van der Waals surface area (Å²) in [5, 5.41) is 12.4. The summed E-state index contributed by atoms with van der Waals surface area (Å²) in [6.07, 6.45) is 0.123. The van der Waals surface area contributed by atoms with Gasteiger partial charge >= 0.3 is 5.97 Å². The fourth-order valence-electron chi connectivity index (χ4n) is 3.37. The first kappa shape index (κ1) is 12.6. The number of carbonyl (C=O) groups is 1. The van der Waals surface area contributed by atoms with Crippen LogP contribution < -0.4 is 5.32 Å². The number of hydrogen-bond acceptors (Lipinski definition) is 3. The average Bonchev–Trinajstić information content (AvgIpc) is 2.91. The summed E-state index contributed by atoms with van der Waals surface area (Å²) in [5.74, 6) is 0.813. The Balaban J connectivity index is 1.68. The fraction of sp³-hybridized carbons (Fsp3) is 0.533. The van der Waals surface area contributed by atoms with Crippen molar-refractivity contribution in [1.82, 2.24) is 10.2 Å². The molecular formula is C15H20N2O2. The van der Waals surface area contributed by atoms with Crippen molar-refractivity contribution in [3.05, 3.63) is 35.4 Å². The molecule has 4 heteroatoms. The molecule has 0 bridgehead atoms. The van der Waals surface area contributed by atoms with Crippen molar-refractivity contribution in [2.75, 3.05) is 26.2 Å². The van der Waals surface area contributed by atoms with Crippen molar-refractivity contribution in [3.63, 3.8) is 0 Å². The molecule has 0 aromatic heterocycles.